The van der Waals surface area contributed by atoms with Gasteiger partial charge in [-0.05, 0) is 96.8 Å². The summed E-state index contributed by atoms with van der Waals surface area (Å²) in [4.78, 5) is 41.3. The Morgan fingerprint density at radius 1 is 1.00 bits per heavy atom. The van der Waals surface area contributed by atoms with Crippen molar-refractivity contribution in [2.75, 3.05) is 94.0 Å². The molecule has 15 nitrogen and oxygen atoms in total. The van der Waals surface area contributed by atoms with E-state index in [0.717, 1.165) is 73.8 Å². The first-order valence-electron chi connectivity index (χ1n) is 22.4. The Kier molecular flexibility index (Phi) is 12.9. The van der Waals surface area contributed by atoms with Crippen molar-refractivity contribution < 1.29 is 28.5 Å². The first kappa shape index (κ1) is 44.7. The number of nitro groups is 1. The third-order valence-corrected chi connectivity index (χ3v) is 15.1. The molecule has 2 saturated heterocycles. The second-order valence-electron chi connectivity index (χ2n) is 18.2. The first-order chi connectivity index (χ1) is 31.3. The average molecular weight is 923 g/mol. The molecule has 2 aromatic heterocycles. The third-order valence-electron chi connectivity index (χ3n) is 13.0. The lowest BCUT2D eigenvalue weighted by atomic mass is 9.72. The fraction of sp³-hybridized carbons (Fsp3) is 0.417. The van der Waals surface area contributed by atoms with Crippen molar-refractivity contribution in [2.24, 2.45) is 5.41 Å². The highest BCUT2D eigenvalue weighted by atomic mass is 35.5. The Balaban J connectivity index is 0.985. The maximum absolute atomic E-state index is 14.6. The zero-order chi connectivity index (χ0) is 45.3. The standard InChI is InChI=1S/C48H56ClN8O7P/c1-48(2)15-13-34(40(28-48)32-5-7-35(49)8-6-32)30-54-18-20-55(21-19-54)36-9-11-39(42(26-36)56-17-4-22-64-47-44(56)25-33-14-16-50-45(33)52-47)46(58)53-65(3,61)38-10-12-41(43(27-38)57(59)60)51-29-37-31-62-23-24-63-37/h5-12,14,16,25-27,37,51H,4,13,15,17-24,28-31H2,1-3H3,(H,50,52)(H,53,58,61)/t37-,65?/m0/s1. The molecule has 2 fully saturated rings. The summed E-state index contributed by atoms with van der Waals surface area (Å²) >= 11 is 6.28. The van der Waals surface area contributed by atoms with Crippen molar-refractivity contribution >= 4 is 75.1 Å². The van der Waals surface area contributed by atoms with Gasteiger partial charge in [-0.1, -0.05) is 43.2 Å². The molecule has 2 atom stereocenters. The van der Waals surface area contributed by atoms with Crippen LogP contribution in [0.2, 0.25) is 5.02 Å². The van der Waals surface area contributed by atoms with Crippen LogP contribution < -0.4 is 30.2 Å². The van der Waals surface area contributed by atoms with Crippen molar-refractivity contribution in [1.82, 2.24) is 20.0 Å². The molecular weight excluding hydrogens is 867 g/mol. The number of aromatic amines is 1. The Bertz CT molecular complexity index is 2660. The zero-order valence-electron chi connectivity index (χ0n) is 37.1. The Morgan fingerprint density at radius 2 is 1.82 bits per heavy atom. The minimum atomic E-state index is -3.71. The van der Waals surface area contributed by atoms with E-state index in [1.807, 2.05) is 42.6 Å². The van der Waals surface area contributed by atoms with Gasteiger partial charge < -0.3 is 34.3 Å². The van der Waals surface area contributed by atoms with Gasteiger partial charge in [0, 0.05) is 86.1 Å². The van der Waals surface area contributed by atoms with Gasteiger partial charge in [0.1, 0.15) is 17.0 Å². The molecule has 3 aromatic carbocycles. The highest BCUT2D eigenvalue weighted by Gasteiger charge is 2.32. The molecule has 3 N–H and O–H groups in total. The number of nitrogens with zero attached hydrogens (tertiary/aromatic N) is 5. The number of halogens is 1. The fourth-order valence-corrected chi connectivity index (χ4v) is 10.8. The summed E-state index contributed by atoms with van der Waals surface area (Å²) in [5.74, 6) is -0.115. The van der Waals surface area contributed by atoms with Gasteiger partial charge in [0.2, 0.25) is 5.88 Å². The number of pyridine rings is 1. The number of aromatic nitrogens is 2. The molecule has 1 aliphatic carbocycles. The van der Waals surface area contributed by atoms with E-state index in [4.69, 9.17) is 30.8 Å². The number of fused-ring (bicyclic) bond motifs is 2. The first-order valence-corrected chi connectivity index (χ1v) is 24.9. The van der Waals surface area contributed by atoms with E-state index in [0.29, 0.717) is 68.7 Å². The van der Waals surface area contributed by atoms with Gasteiger partial charge in [-0.25, -0.2) is 0 Å². The number of hydrogen-bond acceptors (Lipinski definition) is 12. The number of allylic oxidation sites excluding steroid dienone is 1. The highest BCUT2D eigenvalue weighted by Crippen LogP contribution is 2.45. The maximum Gasteiger partial charge on any atom is 0.293 e. The topological polar surface area (TPSA) is 167 Å². The summed E-state index contributed by atoms with van der Waals surface area (Å²) in [6.45, 7) is 13.0. The number of H-pyrrole nitrogens is 1. The third kappa shape index (κ3) is 10.0. The van der Waals surface area contributed by atoms with Crippen LogP contribution in [0, 0.1) is 15.5 Å². The molecule has 342 valence electrons. The van der Waals surface area contributed by atoms with Gasteiger partial charge in [0.05, 0.1) is 48.7 Å². The van der Waals surface area contributed by atoms with Crippen molar-refractivity contribution in [3.8, 4) is 5.88 Å². The Morgan fingerprint density at radius 3 is 2.58 bits per heavy atom. The predicted octanol–water partition coefficient (Wildman–Crippen LogP) is 8.62. The number of piperazine rings is 1. The lowest BCUT2D eigenvalue weighted by Crippen LogP contribution is -2.47. The number of amides is 1. The van der Waals surface area contributed by atoms with Crippen molar-refractivity contribution in [3.05, 3.63) is 111 Å². The molecule has 65 heavy (non-hydrogen) atoms. The molecule has 0 spiro atoms. The zero-order valence-corrected chi connectivity index (χ0v) is 38.8. The lowest BCUT2D eigenvalue weighted by molar-refractivity contribution is -0.383. The summed E-state index contributed by atoms with van der Waals surface area (Å²) in [7, 11) is -3.71. The number of benzene rings is 3. The number of ether oxygens (including phenoxy) is 3. The predicted molar refractivity (Wildman–Crippen MR) is 257 cm³/mol. The largest absolute Gasteiger partial charge is 0.476 e. The second-order valence-corrected chi connectivity index (χ2v) is 21.3. The van der Waals surface area contributed by atoms with E-state index in [1.165, 1.54) is 35.5 Å². The van der Waals surface area contributed by atoms with Crippen LogP contribution >= 0.6 is 18.9 Å². The van der Waals surface area contributed by atoms with E-state index in [1.54, 1.807) is 12.1 Å². The van der Waals surface area contributed by atoms with Crippen LogP contribution in [-0.4, -0.2) is 111 Å². The molecule has 9 rings (SSSR count). The SMILES string of the molecule is CC1(C)CCC(CN2CCN(c3ccc(C(=O)NP(C)(=O)c4ccc(NC[C@H]5COCCO5)c([N+](=O)[O-])c4)c(N4CCCOc5nc6[nH]ccc6cc54)c3)CC2)=C(c2ccc(Cl)cc2)C1. The monoisotopic (exact) mass is 922 g/mol. The van der Waals surface area contributed by atoms with Crippen molar-refractivity contribution in [3.63, 3.8) is 0 Å². The molecule has 17 heteroatoms. The van der Waals surface area contributed by atoms with Gasteiger partial charge in [0.15, 0.2) is 7.29 Å². The van der Waals surface area contributed by atoms with Crippen LogP contribution in [0.1, 0.15) is 55.5 Å². The summed E-state index contributed by atoms with van der Waals surface area (Å²) in [6.07, 6.45) is 5.49. The summed E-state index contributed by atoms with van der Waals surface area (Å²) in [6, 6.07) is 22.4. The minimum absolute atomic E-state index is 0.150. The maximum atomic E-state index is 14.6. The van der Waals surface area contributed by atoms with Gasteiger partial charge in [-0.15, -0.1) is 0 Å². The van der Waals surface area contributed by atoms with E-state index < -0.39 is 18.1 Å². The van der Waals surface area contributed by atoms with E-state index >= 15 is 0 Å². The Hall–Kier alpha value is -5.44. The molecule has 0 saturated carbocycles. The summed E-state index contributed by atoms with van der Waals surface area (Å²) in [5, 5.41) is 19.9. The normalized spacial score (nSPS) is 20.1. The van der Waals surface area contributed by atoms with Crippen LogP contribution in [0.3, 0.4) is 0 Å². The van der Waals surface area contributed by atoms with E-state index in [2.05, 4.69) is 56.1 Å². The van der Waals surface area contributed by atoms with Crippen molar-refractivity contribution in [1.29, 1.82) is 0 Å². The molecule has 1 amide bonds. The molecule has 0 bridgehead atoms. The van der Waals surface area contributed by atoms with Crippen molar-refractivity contribution in [2.45, 2.75) is 45.6 Å². The second kappa shape index (κ2) is 18.8. The number of hydrogen-bond donors (Lipinski definition) is 3. The van der Waals surface area contributed by atoms with Crippen LogP contribution in [0.5, 0.6) is 5.88 Å². The number of rotatable bonds is 12. The van der Waals surface area contributed by atoms with Crippen LogP contribution in [0.25, 0.3) is 16.6 Å². The number of carbonyl (C=O) groups excluding carboxylic acids is 1. The molecule has 5 heterocycles. The van der Waals surface area contributed by atoms with E-state index in [-0.39, 0.29) is 28.2 Å². The van der Waals surface area contributed by atoms with Gasteiger partial charge in [-0.3, -0.25) is 29.5 Å². The van der Waals surface area contributed by atoms with E-state index in [9.17, 15) is 19.5 Å². The molecule has 0 radical (unpaired) electrons. The quantitative estimate of drug-likeness (QED) is 0.0620. The lowest BCUT2D eigenvalue weighted by Gasteiger charge is -2.39. The fourth-order valence-electron chi connectivity index (χ4n) is 9.33. The number of carbonyl (C=O) groups is 1. The van der Waals surface area contributed by atoms with Crippen LogP contribution in [0.4, 0.5) is 28.4 Å². The van der Waals surface area contributed by atoms with Gasteiger partial charge in [0.25, 0.3) is 11.6 Å². The van der Waals surface area contributed by atoms with Gasteiger partial charge >= 0.3 is 0 Å². The molecule has 4 aliphatic rings. The molecule has 3 aliphatic heterocycles. The molecule has 5 aromatic rings. The minimum Gasteiger partial charge on any atom is -0.476 e. The molecular formula is C48H56ClN8O7P. The van der Waals surface area contributed by atoms with Gasteiger partial charge in [-0.2, -0.15) is 4.98 Å². The Labute approximate surface area is 384 Å². The number of anilines is 4. The van der Waals surface area contributed by atoms with Crippen LogP contribution in [-0.2, 0) is 14.0 Å². The average Bonchev–Trinajstić information content (AvgIpc) is 3.66. The highest BCUT2D eigenvalue weighted by molar-refractivity contribution is 7.69. The molecule has 1 unspecified atom stereocenters. The summed E-state index contributed by atoms with van der Waals surface area (Å²) < 4.78 is 31.8. The number of nitro benzene ring substituents is 1. The summed E-state index contributed by atoms with van der Waals surface area (Å²) in [5.41, 5.74) is 7.72. The smallest absolute Gasteiger partial charge is 0.293 e. The number of nitrogens with one attached hydrogen (secondary N) is 3. The van der Waals surface area contributed by atoms with Crippen LogP contribution in [0.15, 0.2) is 84.6 Å².